The molecule has 1 aromatic rings. The summed E-state index contributed by atoms with van der Waals surface area (Å²) in [6.45, 7) is 1.96. The fourth-order valence-corrected chi connectivity index (χ4v) is 3.12. The Balaban J connectivity index is 2.16. The van der Waals surface area contributed by atoms with E-state index < -0.39 is 9.84 Å². The Kier molecular flexibility index (Phi) is 4.59. The minimum atomic E-state index is -2.99. The topological polar surface area (TPSA) is 85.1 Å². The van der Waals surface area contributed by atoms with Crippen LogP contribution in [0.4, 0.5) is 5.82 Å². The van der Waals surface area contributed by atoms with Crippen LogP contribution in [0.15, 0.2) is 6.07 Å². The highest BCUT2D eigenvalue weighted by Crippen LogP contribution is 2.25. The monoisotopic (exact) mass is 313 g/mol. The van der Waals surface area contributed by atoms with Crippen molar-refractivity contribution in [2.45, 2.75) is 26.2 Å². The minimum Gasteiger partial charge on any atom is -0.389 e. The average molecular weight is 313 g/mol. The zero-order valence-electron chi connectivity index (χ0n) is 11.5. The third-order valence-corrected chi connectivity index (χ3v) is 5.39. The molecule has 7 heteroatoms. The molecule has 2 rings (SSSR count). The van der Waals surface area contributed by atoms with Crippen LogP contribution in [0.25, 0.3) is 0 Å². The second-order valence-electron chi connectivity index (χ2n) is 4.87. The van der Waals surface area contributed by atoms with E-state index in [9.17, 15) is 8.42 Å². The normalized spacial score (nSPS) is 14.1. The van der Waals surface area contributed by atoms with E-state index in [0.717, 1.165) is 25.0 Å². The first-order valence-electron chi connectivity index (χ1n) is 6.70. The lowest BCUT2D eigenvalue weighted by atomic mass is 10.1. The van der Waals surface area contributed by atoms with Gasteiger partial charge in [-0.2, -0.15) is 0 Å². The molecule has 1 aromatic heterocycles. The summed E-state index contributed by atoms with van der Waals surface area (Å²) in [5, 5.41) is 3.06. The van der Waals surface area contributed by atoms with Crippen LogP contribution in [0.5, 0.6) is 0 Å². The van der Waals surface area contributed by atoms with Gasteiger partial charge in [0.25, 0.3) is 0 Å². The summed E-state index contributed by atoms with van der Waals surface area (Å²) in [6, 6.07) is 1.98. The van der Waals surface area contributed by atoms with Gasteiger partial charge in [0, 0.05) is 18.0 Å². The quantitative estimate of drug-likeness (QED) is 0.764. The summed E-state index contributed by atoms with van der Waals surface area (Å²) in [4.78, 5) is 4.83. The van der Waals surface area contributed by atoms with Gasteiger partial charge < -0.3 is 11.1 Å². The van der Waals surface area contributed by atoms with E-state index in [2.05, 4.69) is 10.3 Å². The van der Waals surface area contributed by atoms with Gasteiger partial charge in [-0.15, -0.1) is 0 Å². The van der Waals surface area contributed by atoms with Crippen LogP contribution in [0.2, 0.25) is 0 Å². The van der Waals surface area contributed by atoms with E-state index in [-0.39, 0.29) is 16.5 Å². The third-order valence-electron chi connectivity index (χ3n) is 3.46. The van der Waals surface area contributed by atoms with Crippen LogP contribution in [-0.2, 0) is 22.7 Å². The highest BCUT2D eigenvalue weighted by atomic mass is 32.2. The lowest BCUT2D eigenvalue weighted by molar-refractivity contribution is 0.597. The third kappa shape index (κ3) is 3.46. The molecule has 0 aromatic carbocycles. The van der Waals surface area contributed by atoms with Crippen LogP contribution in [0.3, 0.4) is 0 Å². The van der Waals surface area contributed by atoms with Crippen molar-refractivity contribution >= 4 is 32.9 Å². The van der Waals surface area contributed by atoms with Gasteiger partial charge in [-0.05, 0) is 30.9 Å². The van der Waals surface area contributed by atoms with Crippen molar-refractivity contribution in [3.63, 3.8) is 0 Å². The first-order valence-corrected chi connectivity index (χ1v) is 8.93. The number of aryl methyl sites for hydroxylation is 2. The van der Waals surface area contributed by atoms with Crippen molar-refractivity contribution in [1.29, 1.82) is 0 Å². The zero-order chi connectivity index (χ0) is 14.8. The van der Waals surface area contributed by atoms with Crippen molar-refractivity contribution in [2.24, 2.45) is 5.73 Å². The Morgan fingerprint density at radius 3 is 2.90 bits per heavy atom. The van der Waals surface area contributed by atoms with Crippen molar-refractivity contribution in [3.05, 3.63) is 22.9 Å². The number of rotatable bonds is 6. The lowest BCUT2D eigenvalue weighted by Crippen LogP contribution is -2.21. The first kappa shape index (κ1) is 15.2. The smallest absolute Gasteiger partial charge is 0.151 e. The number of nitrogens with zero attached hydrogens (tertiary/aromatic N) is 1. The number of thiocarbonyl (C=S) groups is 1. The molecule has 0 atom stereocenters. The summed E-state index contributed by atoms with van der Waals surface area (Å²) >= 11 is 5.05. The van der Waals surface area contributed by atoms with E-state index in [1.54, 1.807) is 6.92 Å². The number of pyridine rings is 1. The maximum Gasteiger partial charge on any atom is 0.151 e. The average Bonchev–Trinajstić information content (AvgIpc) is 2.84. The van der Waals surface area contributed by atoms with E-state index in [4.69, 9.17) is 18.0 Å². The Morgan fingerprint density at radius 1 is 1.50 bits per heavy atom. The van der Waals surface area contributed by atoms with Gasteiger partial charge in [-0.3, -0.25) is 0 Å². The minimum absolute atomic E-state index is 0.0824. The summed E-state index contributed by atoms with van der Waals surface area (Å²) < 4.78 is 23.0. The van der Waals surface area contributed by atoms with Gasteiger partial charge in [0.1, 0.15) is 10.8 Å². The standard InChI is InChI=1S/C13H19N3O2S2/c1-2-20(17,18)7-6-15-13-10(12(14)19)8-9-4-3-5-11(9)16-13/h8H,2-7H2,1H3,(H2,14,19)(H,15,16). The number of nitrogens with two attached hydrogens (primary N) is 1. The van der Waals surface area contributed by atoms with Gasteiger partial charge in [0.05, 0.1) is 11.3 Å². The molecular weight excluding hydrogens is 294 g/mol. The first-order chi connectivity index (χ1) is 9.43. The molecule has 0 fully saturated rings. The number of anilines is 1. The van der Waals surface area contributed by atoms with E-state index in [1.807, 2.05) is 6.07 Å². The second kappa shape index (κ2) is 6.05. The molecule has 1 aliphatic rings. The maximum atomic E-state index is 11.5. The molecule has 0 radical (unpaired) electrons. The Labute approximate surface area is 124 Å². The summed E-state index contributed by atoms with van der Waals surface area (Å²) in [7, 11) is -2.99. The van der Waals surface area contributed by atoms with Crippen LogP contribution >= 0.6 is 12.2 Å². The molecule has 0 saturated heterocycles. The Bertz CT molecular complexity index is 627. The van der Waals surface area contributed by atoms with Crippen LogP contribution in [0.1, 0.15) is 30.2 Å². The highest BCUT2D eigenvalue weighted by Gasteiger charge is 2.18. The number of fused-ring (bicyclic) bond motifs is 1. The van der Waals surface area contributed by atoms with Crippen LogP contribution in [-0.4, -0.2) is 36.4 Å². The second-order valence-corrected chi connectivity index (χ2v) is 7.78. The van der Waals surface area contributed by atoms with Gasteiger partial charge in [-0.1, -0.05) is 19.1 Å². The molecule has 5 nitrogen and oxygen atoms in total. The number of sulfone groups is 1. The number of nitrogens with one attached hydrogen (secondary N) is 1. The highest BCUT2D eigenvalue weighted by molar-refractivity contribution is 7.91. The van der Waals surface area contributed by atoms with Crippen molar-refractivity contribution in [1.82, 2.24) is 4.98 Å². The largest absolute Gasteiger partial charge is 0.389 e. The molecule has 1 aliphatic carbocycles. The molecule has 0 bridgehead atoms. The van der Waals surface area contributed by atoms with Crippen LogP contribution in [0, 0.1) is 0 Å². The van der Waals surface area contributed by atoms with Gasteiger partial charge >= 0.3 is 0 Å². The maximum absolute atomic E-state index is 11.5. The van der Waals surface area contributed by atoms with E-state index in [0.29, 0.717) is 17.9 Å². The molecule has 0 saturated carbocycles. The van der Waals surface area contributed by atoms with E-state index in [1.165, 1.54) is 5.56 Å². The van der Waals surface area contributed by atoms with Crippen LogP contribution < -0.4 is 11.1 Å². The molecule has 20 heavy (non-hydrogen) atoms. The molecule has 110 valence electrons. The van der Waals surface area contributed by atoms with Gasteiger partial charge in [-0.25, -0.2) is 13.4 Å². The van der Waals surface area contributed by atoms with Gasteiger partial charge in [0.2, 0.25) is 0 Å². The summed E-state index contributed by atoms with van der Waals surface area (Å²) in [6.07, 6.45) is 3.05. The molecule has 3 N–H and O–H groups in total. The summed E-state index contributed by atoms with van der Waals surface area (Å²) in [5.74, 6) is 0.831. The zero-order valence-corrected chi connectivity index (χ0v) is 13.1. The number of hydrogen-bond donors (Lipinski definition) is 2. The van der Waals surface area contributed by atoms with Gasteiger partial charge in [0.15, 0.2) is 9.84 Å². The lowest BCUT2D eigenvalue weighted by Gasteiger charge is -2.12. The molecule has 0 spiro atoms. The summed E-state index contributed by atoms with van der Waals surface area (Å²) in [5.41, 5.74) is 8.68. The van der Waals surface area contributed by atoms with Crippen molar-refractivity contribution < 1.29 is 8.42 Å². The Hall–Kier alpha value is -1.21. The van der Waals surface area contributed by atoms with Crippen molar-refractivity contribution in [2.75, 3.05) is 23.4 Å². The Morgan fingerprint density at radius 2 is 2.25 bits per heavy atom. The molecular formula is C13H19N3O2S2. The predicted molar refractivity (Wildman–Crippen MR) is 85.0 cm³/mol. The van der Waals surface area contributed by atoms with E-state index >= 15 is 0 Å². The molecule has 0 unspecified atom stereocenters. The molecule has 0 amide bonds. The number of hydrogen-bond acceptors (Lipinski definition) is 5. The fraction of sp³-hybridized carbons (Fsp3) is 0.538. The van der Waals surface area contributed by atoms with Crippen molar-refractivity contribution in [3.8, 4) is 0 Å². The predicted octanol–water partition coefficient (Wildman–Crippen LogP) is 1.05. The SMILES string of the molecule is CCS(=O)(=O)CCNc1nc2c(cc1C(N)=S)CCC2. The molecule has 1 heterocycles. The fourth-order valence-electron chi connectivity index (χ4n) is 2.26. The number of aromatic nitrogens is 1. The molecule has 0 aliphatic heterocycles.